The summed E-state index contributed by atoms with van der Waals surface area (Å²) in [5, 5.41) is 2.50. The number of anilines is 2. The van der Waals surface area contributed by atoms with Crippen LogP contribution in [0.2, 0.25) is 0 Å². The molecule has 2 fully saturated rings. The highest BCUT2D eigenvalue weighted by molar-refractivity contribution is 5.95. The van der Waals surface area contributed by atoms with Gasteiger partial charge in [-0.25, -0.2) is 4.79 Å². The summed E-state index contributed by atoms with van der Waals surface area (Å²) in [4.78, 5) is 46.6. The molecule has 2 saturated heterocycles. The van der Waals surface area contributed by atoms with Gasteiger partial charge in [-0.15, -0.1) is 0 Å². The maximum Gasteiger partial charge on any atom is 0.414 e. The zero-order valence-corrected chi connectivity index (χ0v) is 19.3. The highest BCUT2D eigenvalue weighted by Crippen LogP contribution is 2.25. The quantitative estimate of drug-likeness (QED) is 0.710. The van der Waals surface area contributed by atoms with Crippen molar-refractivity contribution in [3.63, 3.8) is 0 Å². The third kappa shape index (κ3) is 9.61. The molecule has 9 heteroatoms. The fourth-order valence-electron chi connectivity index (χ4n) is 2.62. The van der Waals surface area contributed by atoms with Crippen LogP contribution in [-0.4, -0.2) is 63.1 Å². The summed E-state index contributed by atoms with van der Waals surface area (Å²) >= 11 is 0. The monoisotopic (exact) mass is 437 g/mol. The summed E-state index contributed by atoms with van der Waals surface area (Å²) in [5.74, 6) is 0.0876. The van der Waals surface area contributed by atoms with Crippen LogP contribution in [0.3, 0.4) is 0 Å². The molecule has 174 valence electrons. The van der Waals surface area contributed by atoms with Crippen molar-refractivity contribution < 1.29 is 28.7 Å². The number of benzene rings is 1. The molecule has 2 aliphatic rings. The molecule has 2 aliphatic heterocycles. The molecule has 1 unspecified atom stereocenters. The van der Waals surface area contributed by atoms with Crippen LogP contribution in [0.25, 0.3) is 0 Å². The lowest BCUT2D eigenvalue weighted by molar-refractivity contribution is -0.125. The van der Waals surface area contributed by atoms with Crippen molar-refractivity contribution in [2.45, 2.75) is 47.6 Å². The van der Waals surface area contributed by atoms with Crippen LogP contribution in [0.4, 0.5) is 16.2 Å². The van der Waals surface area contributed by atoms with Gasteiger partial charge in [-0.2, -0.15) is 0 Å². The topological polar surface area (TPSA) is 105 Å². The molecule has 1 atom stereocenters. The number of nitrogens with one attached hydrogen (secondary N) is 1. The van der Waals surface area contributed by atoms with Gasteiger partial charge in [0, 0.05) is 17.9 Å². The second-order valence-corrected chi connectivity index (χ2v) is 6.17. The Balaban J connectivity index is 0.000000992. The first kappa shape index (κ1) is 28.1. The second-order valence-electron chi connectivity index (χ2n) is 6.17. The molecule has 9 nitrogen and oxygen atoms in total. The number of ether oxygens (including phenoxy) is 2. The normalized spacial score (nSPS) is 17.0. The van der Waals surface area contributed by atoms with Crippen molar-refractivity contribution in [2.75, 3.05) is 42.6 Å². The van der Waals surface area contributed by atoms with Crippen molar-refractivity contribution in [1.29, 1.82) is 0 Å². The van der Waals surface area contributed by atoms with Crippen LogP contribution < -0.4 is 15.1 Å². The molecule has 1 N–H and O–H groups in total. The molecule has 3 rings (SSSR count). The van der Waals surface area contributed by atoms with Crippen LogP contribution in [0.5, 0.6) is 0 Å². The number of cyclic esters (lactones) is 1. The Hall–Kier alpha value is -2.94. The molecule has 0 aliphatic carbocycles. The van der Waals surface area contributed by atoms with Gasteiger partial charge < -0.3 is 24.5 Å². The average molecular weight is 438 g/mol. The summed E-state index contributed by atoms with van der Waals surface area (Å²) in [6.45, 7) is 12.8. The van der Waals surface area contributed by atoms with E-state index >= 15 is 0 Å². The third-order valence-corrected chi connectivity index (χ3v) is 3.76. The Morgan fingerprint density at radius 1 is 1.06 bits per heavy atom. The van der Waals surface area contributed by atoms with Crippen molar-refractivity contribution in [2.24, 2.45) is 0 Å². The number of Topliss-reactive ketones (excluding diaryl/α,β-unsaturated/α-hetero) is 1. The molecule has 2 heterocycles. The lowest BCUT2D eigenvalue weighted by Gasteiger charge is -2.27. The van der Waals surface area contributed by atoms with Crippen LogP contribution in [0.15, 0.2) is 24.3 Å². The van der Waals surface area contributed by atoms with Crippen LogP contribution >= 0.6 is 0 Å². The van der Waals surface area contributed by atoms with E-state index in [1.54, 1.807) is 29.2 Å². The average Bonchev–Trinajstić information content (AvgIpc) is 3.15. The first-order valence-electron chi connectivity index (χ1n) is 10.5. The number of nitrogens with zero attached hydrogens (tertiary/aromatic N) is 2. The Bertz CT molecular complexity index is 689. The number of amides is 3. The molecular weight excluding hydrogens is 402 g/mol. The number of carbonyl (C=O) groups is 4. The van der Waals surface area contributed by atoms with E-state index in [1.165, 1.54) is 18.7 Å². The Labute approximate surface area is 184 Å². The van der Waals surface area contributed by atoms with E-state index in [0.717, 1.165) is 5.69 Å². The molecule has 0 saturated carbocycles. The molecule has 1 aromatic carbocycles. The van der Waals surface area contributed by atoms with E-state index in [0.29, 0.717) is 31.8 Å². The van der Waals surface area contributed by atoms with Crippen LogP contribution in [0.1, 0.15) is 41.5 Å². The minimum atomic E-state index is -0.446. The SMILES string of the molecule is CC.CC.CC(C)=O.O=CNCC1CN(c2ccc(N3CCOCC3=O)cc2)C(=O)O1. The summed E-state index contributed by atoms with van der Waals surface area (Å²) in [5.41, 5.74) is 1.46. The lowest BCUT2D eigenvalue weighted by atomic mass is 10.2. The third-order valence-electron chi connectivity index (χ3n) is 3.76. The zero-order chi connectivity index (χ0) is 23.8. The van der Waals surface area contributed by atoms with Crippen molar-refractivity contribution in [3.8, 4) is 0 Å². The fraction of sp³-hybridized carbons (Fsp3) is 0.545. The minimum Gasteiger partial charge on any atom is -0.442 e. The predicted octanol–water partition coefficient (Wildman–Crippen LogP) is 2.77. The number of rotatable bonds is 5. The van der Waals surface area contributed by atoms with Crippen molar-refractivity contribution in [3.05, 3.63) is 24.3 Å². The molecule has 0 bridgehead atoms. The second kappa shape index (κ2) is 15.8. The molecular formula is C22H35N3O6. The molecule has 0 spiro atoms. The predicted molar refractivity (Wildman–Crippen MR) is 120 cm³/mol. The number of ketones is 1. The lowest BCUT2D eigenvalue weighted by Crippen LogP contribution is -2.41. The van der Waals surface area contributed by atoms with E-state index < -0.39 is 6.09 Å². The smallest absolute Gasteiger partial charge is 0.414 e. The van der Waals surface area contributed by atoms with Gasteiger partial charge in [-0.05, 0) is 38.1 Å². The van der Waals surface area contributed by atoms with Crippen molar-refractivity contribution in [1.82, 2.24) is 5.32 Å². The van der Waals surface area contributed by atoms with Gasteiger partial charge in [0.2, 0.25) is 6.41 Å². The van der Waals surface area contributed by atoms with Gasteiger partial charge in [0.25, 0.3) is 5.91 Å². The minimum absolute atomic E-state index is 0.0791. The molecule has 3 amide bonds. The molecule has 1 aromatic rings. The Kier molecular flexibility index (Phi) is 14.3. The van der Waals surface area contributed by atoms with Crippen LogP contribution in [-0.2, 0) is 23.9 Å². The zero-order valence-electron chi connectivity index (χ0n) is 19.3. The van der Waals surface area contributed by atoms with Crippen LogP contribution in [0, 0.1) is 0 Å². The summed E-state index contributed by atoms with van der Waals surface area (Å²) < 4.78 is 10.3. The van der Waals surface area contributed by atoms with Gasteiger partial charge in [0.1, 0.15) is 18.5 Å². The number of carbonyl (C=O) groups excluding carboxylic acids is 4. The molecule has 0 radical (unpaired) electrons. The Morgan fingerprint density at radius 3 is 2.06 bits per heavy atom. The highest BCUT2D eigenvalue weighted by atomic mass is 16.6. The summed E-state index contributed by atoms with van der Waals surface area (Å²) in [6.07, 6.45) is -0.240. The van der Waals surface area contributed by atoms with Gasteiger partial charge in [0.05, 0.1) is 19.7 Å². The fourth-order valence-corrected chi connectivity index (χ4v) is 2.62. The van der Waals surface area contributed by atoms with E-state index in [4.69, 9.17) is 9.47 Å². The maximum absolute atomic E-state index is 11.9. The van der Waals surface area contributed by atoms with E-state index in [1.807, 2.05) is 27.7 Å². The van der Waals surface area contributed by atoms with Gasteiger partial charge in [-0.3, -0.25) is 14.5 Å². The Morgan fingerprint density at radius 2 is 1.58 bits per heavy atom. The van der Waals surface area contributed by atoms with Gasteiger partial charge in [-0.1, -0.05) is 27.7 Å². The van der Waals surface area contributed by atoms with E-state index in [9.17, 15) is 19.2 Å². The number of hydrogen-bond donors (Lipinski definition) is 1. The summed E-state index contributed by atoms with van der Waals surface area (Å²) in [7, 11) is 0. The number of morpholine rings is 1. The van der Waals surface area contributed by atoms with Gasteiger partial charge >= 0.3 is 6.09 Å². The summed E-state index contributed by atoms with van der Waals surface area (Å²) in [6, 6.07) is 7.13. The first-order chi connectivity index (χ1) is 14.9. The van der Waals surface area contributed by atoms with E-state index in [-0.39, 0.29) is 30.9 Å². The standard InChI is InChI=1S/C15H17N3O5.C3H6O.2C2H6/c19-10-16-7-13-8-18(15(21)23-13)12-3-1-11(2-4-12)17-5-6-22-9-14(17)20;1-3(2)4;2*1-2/h1-4,10,13H,5-9H2,(H,16,19);1-2H3;2*1-2H3. The van der Waals surface area contributed by atoms with Gasteiger partial charge in [0.15, 0.2) is 0 Å². The maximum atomic E-state index is 11.9. The molecule has 31 heavy (non-hydrogen) atoms. The first-order valence-corrected chi connectivity index (χ1v) is 10.5. The van der Waals surface area contributed by atoms with Crippen molar-refractivity contribution >= 4 is 35.6 Å². The van der Waals surface area contributed by atoms with E-state index in [2.05, 4.69) is 5.32 Å². The highest BCUT2D eigenvalue weighted by Gasteiger charge is 2.32. The largest absolute Gasteiger partial charge is 0.442 e. The number of hydrogen-bond acceptors (Lipinski definition) is 6. The molecule has 0 aromatic heterocycles.